The highest BCUT2D eigenvalue weighted by atomic mass is 79.9. The Morgan fingerprint density at radius 2 is 2.12 bits per heavy atom. The number of carbonyl (C=O) groups excluding carboxylic acids is 1. The highest BCUT2D eigenvalue weighted by Gasteiger charge is 2.21. The lowest BCUT2D eigenvalue weighted by atomic mass is 10.1. The van der Waals surface area contributed by atoms with Gasteiger partial charge in [0, 0.05) is 12.8 Å². The fourth-order valence-corrected chi connectivity index (χ4v) is 2.10. The molecule has 1 fully saturated rings. The Balaban J connectivity index is 2.06. The van der Waals surface area contributed by atoms with Crippen molar-refractivity contribution in [3.63, 3.8) is 0 Å². The van der Waals surface area contributed by atoms with E-state index in [1.165, 1.54) is 18.2 Å². The number of benzene rings is 1. The third-order valence-corrected chi connectivity index (χ3v) is 3.42. The molecule has 0 spiro atoms. The average molecular weight is 303 g/mol. The number of ether oxygens (including phenoxy) is 2. The molecule has 0 atom stereocenters. The lowest BCUT2D eigenvalue weighted by Gasteiger charge is -2.22. The standard InChI is InChI=1S/C12H12BrFO3/c13-11-9(2-1-3-10(11)14)12(15)17-8-4-6-16-7-5-8/h1-3,8H,4-7H2. The molecule has 0 unspecified atom stereocenters. The largest absolute Gasteiger partial charge is 0.459 e. The summed E-state index contributed by atoms with van der Waals surface area (Å²) in [5.74, 6) is -0.963. The Hall–Kier alpha value is -0.940. The second-order valence-corrected chi connectivity index (χ2v) is 4.61. The van der Waals surface area contributed by atoms with E-state index < -0.39 is 11.8 Å². The molecule has 0 saturated carbocycles. The van der Waals surface area contributed by atoms with Crippen molar-refractivity contribution in [1.82, 2.24) is 0 Å². The Bertz CT molecular complexity index is 416. The zero-order valence-corrected chi connectivity index (χ0v) is 10.7. The van der Waals surface area contributed by atoms with Crippen molar-refractivity contribution in [1.29, 1.82) is 0 Å². The first-order valence-corrected chi connectivity index (χ1v) is 6.20. The molecule has 1 aliphatic heterocycles. The van der Waals surface area contributed by atoms with Crippen LogP contribution in [0.5, 0.6) is 0 Å². The molecule has 0 bridgehead atoms. The molecule has 0 radical (unpaired) electrons. The van der Waals surface area contributed by atoms with Crippen molar-refractivity contribution >= 4 is 21.9 Å². The van der Waals surface area contributed by atoms with Crippen LogP contribution < -0.4 is 0 Å². The second-order valence-electron chi connectivity index (χ2n) is 3.82. The molecule has 1 saturated heterocycles. The van der Waals surface area contributed by atoms with Gasteiger partial charge in [-0.1, -0.05) is 6.07 Å². The maximum Gasteiger partial charge on any atom is 0.339 e. The number of hydrogen-bond donors (Lipinski definition) is 0. The van der Waals surface area contributed by atoms with Gasteiger partial charge in [0.05, 0.1) is 23.2 Å². The quantitative estimate of drug-likeness (QED) is 0.788. The normalized spacial score (nSPS) is 16.8. The first-order valence-electron chi connectivity index (χ1n) is 5.41. The van der Waals surface area contributed by atoms with Gasteiger partial charge in [0.25, 0.3) is 0 Å². The van der Waals surface area contributed by atoms with Crippen LogP contribution in [0.3, 0.4) is 0 Å². The lowest BCUT2D eigenvalue weighted by molar-refractivity contribution is -0.0160. The topological polar surface area (TPSA) is 35.5 Å². The highest BCUT2D eigenvalue weighted by Crippen LogP contribution is 2.22. The molecule has 1 heterocycles. The van der Waals surface area contributed by atoms with E-state index in [0.717, 1.165) is 0 Å². The van der Waals surface area contributed by atoms with E-state index in [4.69, 9.17) is 9.47 Å². The molecule has 1 aliphatic rings. The fraction of sp³-hybridized carbons (Fsp3) is 0.417. The zero-order chi connectivity index (χ0) is 12.3. The van der Waals surface area contributed by atoms with Crippen LogP contribution >= 0.6 is 15.9 Å². The lowest BCUT2D eigenvalue weighted by Crippen LogP contribution is -2.26. The summed E-state index contributed by atoms with van der Waals surface area (Å²) < 4.78 is 23.9. The number of carbonyl (C=O) groups is 1. The smallest absolute Gasteiger partial charge is 0.339 e. The Kier molecular flexibility index (Phi) is 4.12. The molecule has 5 heteroatoms. The van der Waals surface area contributed by atoms with Gasteiger partial charge in [-0.05, 0) is 28.1 Å². The minimum absolute atomic E-state index is 0.133. The van der Waals surface area contributed by atoms with E-state index in [0.29, 0.717) is 26.1 Å². The van der Waals surface area contributed by atoms with E-state index in [9.17, 15) is 9.18 Å². The summed E-state index contributed by atoms with van der Waals surface area (Å²) in [6, 6.07) is 4.31. The molecule has 1 aromatic rings. The van der Waals surface area contributed by atoms with E-state index in [-0.39, 0.29) is 16.1 Å². The van der Waals surface area contributed by atoms with Gasteiger partial charge in [-0.3, -0.25) is 0 Å². The summed E-state index contributed by atoms with van der Waals surface area (Å²) in [5, 5.41) is 0. The Morgan fingerprint density at radius 1 is 1.41 bits per heavy atom. The van der Waals surface area contributed by atoms with Gasteiger partial charge in [0.2, 0.25) is 0 Å². The minimum atomic E-state index is -0.497. The molecule has 0 N–H and O–H groups in total. The number of rotatable bonds is 2. The molecule has 0 amide bonds. The third-order valence-electron chi connectivity index (χ3n) is 2.61. The minimum Gasteiger partial charge on any atom is -0.459 e. The summed E-state index contributed by atoms with van der Waals surface area (Å²) >= 11 is 3.05. The monoisotopic (exact) mass is 302 g/mol. The summed E-state index contributed by atoms with van der Waals surface area (Å²) in [7, 11) is 0. The second kappa shape index (κ2) is 5.60. The predicted octanol–water partition coefficient (Wildman–Crippen LogP) is 2.92. The molecule has 1 aromatic carbocycles. The SMILES string of the molecule is O=C(OC1CCOCC1)c1cccc(F)c1Br. The maximum atomic E-state index is 13.2. The van der Waals surface area contributed by atoms with E-state index in [1.807, 2.05) is 0 Å². The van der Waals surface area contributed by atoms with Crippen LogP contribution in [0.15, 0.2) is 22.7 Å². The molecular weight excluding hydrogens is 291 g/mol. The zero-order valence-electron chi connectivity index (χ0n) is 9.12. The molecule has 92 valence electrons. The molecule has 0 aliphatic carbocycles. The molecule has 3 nitrogen and oxygen atoms in total. The molecule has 0 aromatic heterocycles. The Labute approximate surface area is 107 Å². The first kappa shape index (κ1) is 12.5. The summed E-state index contributed by atoms with van der Waals surface area (Å²) in [4.78, 5) is 11.8. The molecule has 17 heavy (non-hydrogen) atoms. The van der Waals surface area contributed by atoms with Crippen LogP contribution in [0.25, 0.3) is 0 Å². The van der Waals surface area contributed by atoms with Gasteiger partial charge in [-0.25, -0.2) is 9.18 Å². The van der Waals surface area contributed by atoms with Crippen molar-refractivity contribution in [3.8, 4) is 0 Å². The van der Waals surface area contributed by atoms with Gasteiger partial charge < -0.3 is 9.47 Å². The predicted molar refractivity (Wildman–Crippen MR) is 63.4 cm³/mol. The summed E-state index contributed by atoms with van der Waals surface area (Å²) in [6.45, 7) is 1.20. The van der Waals surface area contributed by atoms with Gasteiger partial charge in [-0.2, -0.15) is 0 Å². The maximum absolute atomic E-state index is 13.2. The van der Waals surface area contributed by atoms with Gasteiger partial charge >= 0.3 is 5.97 Å². The van der Waals surface area contributed by atoms with Crippen LogP contribution in [0.2, 0.25) is 0 Å². The van der Waals surface area contributed by atoms with Crippen LogP contribution in [-0.4, -0.2) is 25.3 Å². The van der Waals surface area contributed by atoms with Gasteiger partial charge in [-0.15, -0.1) is 0 Å². The average Bonchev–Trinajstić information content (AvgIpc) is 2.34. The van der Waals surface area contributed by atoms with Crippen LogP contribution in [-0.2, 0) is 9.47 Å². The van der Waals surface area contributed by atoms with Crippen molar-refractivity contribution < 1.29 is 18.7 Å². The Morgan fingerprint density at radius 3 is 2.82 bits per heavy atom. The highest BCUT2D eigenvalue weighted by molar-refractivity contribution is 9.10. The fourth-order valence-electron chi connectivity index (χ4n) is 1.67. The van der Waals surface area contributed by atoms with Gasteiger partial charge in [0.15, 0.2) is 0 Å². The van der Waals surface area contributed by atoms with Crippen LogP contribution in [0.4, 0.5) is 4.39 Å². The summed E-state index contributed by atoms with van der Waals surface area (Å²) in [6.07, 6.45) is 1.25. The van der Waals surface area contributed by atoms with Crippen molar-refractivity contribution in [3.05, 3.63) is 34.1 Å². The van der Waals surface area contributed by atoms with E-state index >= 15 is 0 Å². The molecular formula is C12H12BrFO3. The van der Waals surface area contributed by atoms with E-state index in [2.05, 4.69) is 15.9 Å². The number of hydrogen-bond acceptors (Lipinski definition) is 3. The third kappa shape index (κ3) is 3.04. The van der Waals surface area contributed by atoms with Crippen LogP contribution in [0, 0.1) is 5.82 Å². The molecule has 2 rings (SSSR count). The van der Waals surface area contributed by atoms with Crippen LogP contribution in [0.1, 0.15) is 23.2 Å². The first-order chi connectivity index (χ1) is 8.18. The van der Waals surface area contributed by atoms with Crippen molar-refractivity contribution in [2.75, 3.05) is 13.2 Å². The summed E-state index contributed by atoms with van der Waals surface area (Å²) in [5.41, 5.74) is 0.219. The van der Waals surface area contributed by atoms with Crippen molar-refractivity contribution in [2.24, 2.45) is 0 Å². The van der Waals surface area contributed by atoms with Crippen molar-refractivity contribution in [2.45, 2.75) is 18.9 Å². The number of esters is 1. The number of halogens is 2. The van der Waals surface area contributed by atoms with Gasteiger partial charge in [0.1, 0.15) is 11.9 Å². The van der Waals surface area contributed by atoms with E-state index in [1.54, 1.807) is 0 Å².